The van der Waals surface area contributed by atoms with E-state index in [0.29, 0.717) is 5.82 Å². The molecule has 262 valence electrons. The first kappa shape index (κ1) is 32.1. The summed E-state index contributed by atoms with van der Waals surface area (Å²) in [5.74, 6) is 0.681. The van der Waals surface area contributed by atoms with E-state index in [1.165, 1.54) is 33.4 Å². The number of hydrogen-bond acceptors (Lipinski definition) is 3. The average Bonchev–Trinajstić information content (AvgIpc) is 3.80. The predicted molar refractivity (Wildman–Crippen MR) is 228 cm³/mol. The van der Waals surface area contributed by atoms with Crippen molar-refractivity contribution in [2.45, 2.75) is 5.41 Å². The highest BCUT2D eigenvalue weighted by Crippen LogP contribution is 2.57. The summed E-state index contributed by atoms with van der Waals surface area (Å²) in [6.07, 6.45) is 0. The quantitative estimate of drug-likeness (QED) is 0.172. The molecular formula is C53H34N2O. The average molecular weight is 715 g/mol. The number of rotatable bonds is 6. The molecule has 0 N–H and O–H groups in total. The Morgan fingerprint density at radius 2 is 0.839 bits per heavy atom. The van der Waals surface area contributed by atoms with Gasteiger partial charge in [0.05, 0.1) is 16.8 Å². The largest absolute Gasteiger partial charge is 0.456 e. The minimum atomic E-state index is -0.580. The molecule has 0 bridgehead atoms. The Morgan fingerprint density at radius 1 is 0.339 bits per heavy atom. The molecule has 0 saturated heterocycles. The lowest BCUT2D eigenvalue weighted by atomic mass is 9.66. The summed E-state index contributed by atoms with van der Waals surface area (Å²) in [5.41, 5.74) is 15.6. The first-order valence-electron chi connectivity index (χ1n) is 19.1. The number of nitrogens with zero attached hydrogens (tertiary/aromatic N) is 2. The van der Waals surface area contributed by atoms with Crippen molar-refractivity contribution in [1.29, 1.82) is 0 Å². The molecular weight excluding hydrogens is 681 g/mol. The van der Waals surface area contributed by atoms with Crippen LogP contribution in [0.15, 0.2) is 211 Å². The van der Waals surface area contributed by atoms with Gasteiger partial charge in [0.25, 0.3) is 0 Å². The van der Waals surface area contributed by atoms with Crippen molar-refractivity contribution >= 4 is 21.9 Å². The third-order valence-corrected chi connectivity index (χ3v) is 11.4. The summed E-state index contributed by atoms with van der Waals surface area (Å²) in [6.45, 7) is 0. The van der Waals surface area contributed by atoms with Gasteiger partial charge in [-0.2, -0.15) is 0 Å². The summed E-state index contributed by atoms with van der Waals surface area (Å²) in [7, 11) is 0. The molecule has 0 amide bonds. The second kappa shape index (κ2) is 12.9. The van der Waals surface area contributed by atoms with Crippen LogP contribution in [-0.2, 0) is 5.41 Å². The Bertz CT molecular complexity index is 3040. The molecule has 0 radical (unpaired) electrons. The zero-order chi connectivity index (χ0) is 37.1. The molecule has 1 aliphatic rings. The summed E-state index contributed by atoms with van der Waals surface area (Å²) >= 11 is 0. The molecule has 0 unspecified atom stereocenters. The standard InChI is InChI=1S/C53H34N2O/c1-3-17-35(18-4-1)52-54-48(41-24-8-7-21-38(41)36-31-32-51-44(33-36)42-25-12-16-30-50(42)56-51)34-49(55-52)43-26-11-15-29-47(43)53(37-19-5-2-6-20-37)45-27-13-9-22-39(45)40-23-10-14-28-46(40)53/h1-34H. The molecule has 0 fully saturated rings. The lowest BCUT2D eigenvalue weighted by Crippen LogP contribution is -2.29. The van der Waals surface area contributed by atoms with Crippen molar-refractivity contribution in [1.82, 2.24) is 9.97 Å². The highest BCUT2D eigenvalue weighted by Gasteiger charge is 2.47. The zero-order valence-corrected chi connectivity index (χ0v) is 30.4. The first-order valence-corrected chi connectivity index (χ1v) is 19.1. The van der Waals surface area contributed by atoms with Gasteiger partial charge in [0.1, 0.15) is 11.2 Å². The monoisotopic (exact) mass is 714 g/mol. The Morgan fingerprint density at radius 3 is 1.54 bits per heavy atom. The smallest absolute Gasteiger partial charge is 0.160 e. The number of para-hydroxylation sites is 1. The topological polar surface area (TPSA) is 38.9 Å². The van der Waals surface area contributed by atoms with Crippen molar-refractivity contribution in [3.63, 3.8) is 0 Å². The predicted octanol–water partition coefficient (Wildman–Crippen LogP) is 13.4. The van der Waals surface area contributed by atoms with Crippen LogP contribution >= 0.6 is 0 Å². The van der Waals surface area contributed by atoms with Gasteiger partial charge in [0.15, 0.2) is 5.82 Å². The number of benzene rings is 8. The molecule has 2 heterocycles. The maximum atomic E-state index is 6.20. The second-order valence-corrected chi connectivity index (χ2v) is 14.4. The van der Waals surface area contributed by atoms with E-state index < -0.39 is 5.41 Å². The van der Waals surface area contributed by atoms with Crippen LogP contribution in [-0.4, -0.2) is 9.97 Å². The lowest BCUT2D eigenvalue weighted by Gasteiger charge is -2.35. The fraction of sp³-hybridized carbons (Fsp3) is 0.0189. The number of fused-ring (bicyclic) bond motifs is 6. The van der Waals surface area contributed by atoms with Crippen molar-refractivity contribution in [2.24, 2.45) is 0 Å². The molecule has 2 aromatic heterocycles. The molecule has 10 aromatic rings. The Labute approximate surface area is 325 Å². The molecule has 3 heteroatoms. The van der Waals surface area contributed by atoms with E-state index in [0.717, 1.165) is 61.1 Å². The lowest BCUT2D eigenvalue weighted by molar-refractivity contribution is 0.669. The summed E-state index contributed by atoms with van der Waals surface area (Å²) in [4.78, 5) is 10.7. The third-order valence-electron chi connectivity index (χ3n) is 11.4. The maximum Gasteiger partial charge on any atom is 0.160 e. The molecule has 0 saturated carbocycles. The van der Waals surface area contributed by atoms with Crippen LogP contribution in [0.25, 0.3) is 78.1 Å². The highest BCUT2D eigenvalue weighted by molar-refractivity contribution is 6.06. The van der Waals surface area contributed by atoms with Crippen LogP contribution in [0.4, 0.5) is 0 Å². The molecule has 0 aliphatic heterocycles. The van der Waals surface area contributed by atoms with Crippen molar-refractivity contribution in [2.75, 3.05) is 0 Å². The Hall–Kier alpha value is -7.36. The molecule has 8 aromatic carbocycles. The highest BCUT2D eigenvalue weighted by atomic mass is 16.3. The van der Waals surface area contributed by atoms with E-state index >= 15 is 0 Å². The van der Waals surface area contributed by atoms with Gasteiger partial charge in [-0.25, -0.2) is 9.97 Å². The van der Waals surface area contributed by atoms with Crippen molar-refractivity contribution < 1.29 is 4.42 Å². The van der Waals surface area contributed by atoms with Gasteiger partial charge < -0.3 is 4.42 Å². The third kappa shape index (κ3) is 4.91. The number of furan rings is 1. The van der Waals surface area contributed by atoms with E-state index in [-0.39, 0.29) is 0 Å². The van der Waals surface area contributed by atoms with E-state index in [4.69, 9.17) is 14.4 Å². The van der Waals surface area contributed by atoms with Gasteiger partial charge in [-0.1, -0.05) is 182 Å². The van der Waals surface area contributed by atoms with Gasteiger partial charge in [0, 0.05) is 27.5 Å². The summed E-state index contributed by atoms with van der Waals surface area (Å²) in [6, 6.07) is 73.3. The molecule has 3 nitrogen and oxygen atoms in total. The van der Waals surface area contributed by atoms with Crippen LogP contribution in [0.5, 0.6) is 0 Å². The van der Waals surface area contributed by atoms with E-state index in [1.54, 1.807) is 0 Å². The van der Waals surface area contributed by atoms with Crippen LogP contribution in [0.1, 0.15) is 22.3 Å². The number of aromatic nitrogens is 2. The van der Waals surface area contributed by atoms with Crippen LogP contribution < -0.4 is 0 Å². The fourth-order valence-corrected chi connectivity index (χ4v) is 9.00. The van der Waals surface area contributed by atoms with E-state index in [2.05, 4.69) is 176 Å². The van der Waals surface area contributed by atoms with Crippen LogP contribution in [0, 0.1) is 0 Å². The summed E-state index contributed by atoms with van der Waals surface area (Å²) in [5, 5.41) is 2.20. The SMILES string of the molecule is c1ccc(-c2nc(-c3ccccc3-c3ccc4oc5ccccc5c4c3)cc(-c3ccccc3C3(c4ccccc4)c4ccccc4-c4ccccc43)n2)cc1. The minimum Gasteiger partial charge on any atom is -0.456 e. The Balaban J connectivity index is 1.17. The van der Waals surface area contributed by atoms with Gasteiger partial charge in [-0.05, 0) is 68.8 Å². The van der Waals surface area contributed by atoms with Gasteiger partial charge in [-0.3, -0.25) is 0 Å². The maximum absolute atomic E-state index is 6.20. The zero-order valence-electron chi connectivity index (χ0n) is 30.4. The van der Waals surface area contributed by atoms with Crippen LogP contribution in [0.3, 0.4) is 0 Å². The molecule has 0 spiro atoms. The van der Waals surface area contributed by atoms with Crippen molar-refractivity contribution in [3.05, 3.63) is 229 Å². The molecule has 56 heavy (non-hydrogen) atoms. The molecule has 1 aliphatic carbocycles. The van der Waals surface area contributed by atoms with Crippen LogP contribution in [0.2, 0.25) is 0 Å². The van der Waals surface area contributed by atoms with Gasteiger partial charge in [0.2, 0.25) is 0 Å². The summed E-state index contributed by atoms with van der Waals surface area (Å²) < 4.78 is 6.20. The minimum absolute atomic E-state index is 0.580. The van der Waals surface area contributed by atoms with E-state index in [1.807, 2.05) is 30.3 Å². The molecule has 0 atom stereocenters. The fourth-order valence-electron chi connectivity index (χ4n) is 9.00. The normalized spacial score (nSPS) is 12.8. The van der Waals surface area contributed by atoms with Gasteiger partial charge in [-0.15, -0.1) is 0 Å². The van der Waals surface area contributed by atoms with E-state index in [9.17, 15) is 0 Å². The number of hydrogen-bond donors (Lipinski definition) is 0. The first-order chi connectivity index (χ1) is 27.8. The Kier molecular flexibility index (Phi) is 7.39. The molecule has 11 rings (SSSR count). The second-order valence-electron chi connectivity index (χ2n) is 14.4. The van der Waals surface area contributed by atoms with Gasteiger partial charge >= 0.3 is 0 Å². The van der Waals surface area contributed by atoms with Crippen molar-refractivity contribution in [3.8, 4) is 56.2 Å².